The molecule has 0 fully saturated rings. The average Bonchev–Trinajstić information content (AvgIpc) is 4.06. The molecule has 0 amide bonds. The molecule has 3 aliphatic rings. The average molecular weight is 1120 g/mol. The number of hydrogen-bond acceptors (Lipinski definition) is 7. The van der Waals surface area contributed by atoms with E-state index in [4.69, 9.17) is 27.0 Å². The van der Waals surface area contributed by atoms with E-state index >= 15 is 0 Å². The minimum atomic E-state index is -0.555. The number of nitrogens with zero attached hydrogens (tertiary/aromatic N) is 5. The van der Waals surface area contributed by atoms with Crippen molar-refractivity contribution in [1.82, 2.24) is 25.2 Å². The summed E-state index contributed by atoms with van der Waals surface area (Å²) in [4.78, 5) is 13.5. The van der Waals surface area contributed by atoms with Gasteiger partial charge in [0.05, 0.1) is 12.3 Å². The van der Waals surface area contributed by atoms with E-state index in [0.717, 1.165) is 39.0 Å². The van der Waals surface area contributed by atoms with Crippen LogP contribution in [0.2, 0.25) is 0 Å². The summed E-state index contributed by atoms with van der Waals surface area (Å²) in [5.74, 6) is 4.33. The van der Waals surface area contributed by atoms with E-state index in [1.807, 2.05) is 139 Å². The maximum Gasteiger partial charge on any atom is 0.182 e. The summed E-state index contributed by atoms with van der Waals surface area (Å²) >= 11 is 0. The summed E-state index contributed by atoms with van der Waals surface area (Å²) < 4.78 is 87.9. The van der Waals surface area contributed by atoms with Crippen LogP contribution in [0.5, 0.6) is 11.6 Å². The molecule has 3 aliphatic heterocycles. The van der Waals surface area contributed by atoms with Crippen LogP contribution in [0, 0.1) is 18.8 Å². The second-order valence-corrected chi connectivity index (χ2v) is 17.5. The van der Waals surface area contributed by atoms with Gasteiger partial charge in [-0.25, -0.2) is 4.98 Å². The van der Waals surface area contributed by atoms with Crippen molar-refractivity contribution >= 4 is 70.1 Å². The molecule has 8 nitrogen and oxygen atoms in total. The molecule has 2 radical (unpaired) electrons. The van der Waals surface area contributed by atoms with E-state index in [1.165, 1.54) is 0 Å². The second-order valence-electron chi connectivity index (χ2n) is 17.5. The quantitative estimate of drug-likeness (QED) is 0.116. The maximum absolute atomic E-state index is 9.15. The molecule has 8 aromatic rings. The number of benzene rings is 5. The first-order valence-electron chi connectivity index (χ1n) is 27.5. The molecule has 0 spiro atoms. The van der Waals surface area contributed by atoms with E-state index in [-0.39, 0.29) is 78.4 Å². The van der Waals surface area contributed by atoms with Crippen molar-refractivity contribution in [3.05, 3.63) is 254 Å². The smallest absolute Gasteiger partial charge is 0.182 e. The molecule has 0 saturated carbocycles. The zero-order chi connectivity index (χ0) is 56.0. The molecule has 352 valence electrons. The van der Waals surface area contributed by atoms with Gasteiger partial charge >= 0.3 is 0 Å². The fourth-order valence-electron chi connectivity index (χ4n) is 8.57. The number of fused-ring (bicyclic) bond motifs is 4. The van der Waals surface area contributed by atoms with Crippen molar-refractivity contribution < 1.29 is 38.1 Å². The standard InChI is InChI=1S/C61H48B2N7O.Pt/c1-61(2,3)44-30-37-66-58(38-44)70-54-25-8-7-20-47(54)48-29-28-46(41-57(48)70)71-59-40-45(39-53(67-59)43-18-5-4-6-19-43)68-42-69(56-27-10-9-26-55(56)68)60-49(51-23-16-35-64-33-13-11-31-62-51)21-15-22-50(60)52-24-17-36-65-34-14-12-32-63-52;/h4-39,42,64-65H,1-3H3;/q-3;/b31-11-,32-12-,33-13-,34-14-,35-16-,36-17-,51-23-,52-24-;/i4D,5D,6D,7D,8D,18D,19D,20D,25D;. The molecule has 2 N–H and O–H groups in total. The third-order valence-electron chi connectivity index (χ3n) is 11.9. The first kappa shape index (κ1) is 37.7. The summed E-state index contributed by atoms with van der Waals surface area (Å²) in [6.07, 6.45) is 24.8. The molecule has 5 aromatic carbocycles. The molecule has 0 unspecified atom stereocenters. The van der Waals surface area contributed by atoms with Gasteiger partial charge in [-0.05, 0) is 93.4 Å². The van der Waals surface area contributed by atoms with Crippen molar-refractivity contribution in [2.45, 2.75) is 26.2 Å². The van der Waals surface area contributed by atoms with Crippen molar-refractivity contribution in [3.63, 3.8) is 0 Å². The van der Waals surface area contributed by atoms with Gasteiger partial charge in [0, 0.05) is 80.4 Å². The minimum absolute atomic E-state index is 0. The molecule has 11 heteroatoms. The monoisotopic (exact) mass is 1120 g/mol. The maximum atomic E-state index is 9.15. The van der Waals surface area contributed by atoms with Crippen LogP contribution in [0.1, 0.15) is 49.8 Å². The molecule has 0 atom stereocenters. The summed E-state index contributed by atoms with van der Waals surface area (Å²) in [5.41, 5.74) is 7.32. The molecular formula is C61H48B2N7OPt-3. The molecule has 0 bridgehead atoms. The molecular weight excluding hydrogens is 1060 g/mol. The van der Waals surface area contributed by atoms with Gasteiger partial charge in [-0.2, -0.15) is 23.9 Å². The number of anilines is 4. The van der Waals surface area contributed by atoms with Crippen molar-refractivity contribution in [2.24, 2.45) is 0 Å². The van der Waals surface area contributed by atoms with Crippen LogP contribution in [0.15, 0.2) is 219 Å². The third kappa shape index (κ3) is 9.83. The summed E-state index contributed by atoms with van der Waals surface area (Å²) in [7, 11) is 4.11. The minimum Gasteiger partial charge on any atom is -0.503 e. The van der Waals surface area contributed by atoms with Crippen LogP contribution in [0.3, 0.4) is 0 Å². The zero-order valence-electron chi connectivity index (χ0n) is 48.3. The Kier molecular flexibility index (Phi) is 11.1. The van der Waals surface area contributed by atoms with E-state index in [0.29, 0.717) is 28.1 Å². The Hall–Kier alpha value is -8.06. The van der Waals surface area contributed by atoms with Crippen LogP contribution in [-0.4, -0.2) is 29.1 Å². The molecule has 72 heavy (non-hydrogen) atoms. The number of nitrogens with one attached hydrogen (secondary N) is 2. The van der Waals surface area contributed by atoms with Gasteiger partial charge in [-0.1, -0.05) is 140 Å². The Labute approximate surface area is 450 Å². The number of pyridine rings is 2. The van der Waals surface area contributed by atoms with E-state index < -0.39 is 36.3 Å². The number of allylic oxidation sites excluding steroid dienone is 8. The van der Waals surface area contributed by atoms with Gasteiger partial charge < -0.3 is 29.7 Å². The summed E-state index contributed by atoms with van der Waals surface area (Å²) in [5, 5.41) is 7.08. The Bertz CT molecular complexity index is 4010. The Balaban J connectivity index is 0.00000736. The van der Waals surface area contributed by atoms with Crippen molar-refractivity contribution in [1.29, 1.82) is 0 Å². The molecule has 6 heterocycles. The fraction of sp³-hybridized carbons (Fsp3) is 0.0656. The first-order valence-corrected chi connectivity index (χ1v) is 23.0. The predicted octanol–water partition coefficient (Wildman–Crippen LogP) is 13.7. The second kappa shape index (κ2) is 21.1. The topological polar surface area (TPSA) is 70.5 Å². The van der Waals surface area contributed by atoms with Crippen LogP contribution in [-0.2, 0) is 26.5 Å². The van der Waals surface area contributed by atoms with Crippen LogP contribution >= 0.6 is 0 Å². The third-order valence-corrected chi connectivity index (χ3v) is 11.9. The van der Waals surface area contributed by atoms with Gasteiger partial charge in [-0.3, -0.25) is 4.98 Å². The first-order chi connectivity index (χ1) is 38.6. The van der Waals surface area contributed by atoms with Crippen molar-refractivity contribution in [3.8, 4) is 28.7 Å². The van der Waals surface area contributed by atoms with E-state index in [2.05, 4.69) is 75.1 Å². The molecule has 0 aliphatic carbocycles. The van der Waals surface area contributed by atoms with E-state index in [9.17, 15) is 0 Å². The predicted molar refractivity (Wildman–Crippen MR) is 295 cm³/mol. The number of hydrogen-bond donors (Lipinski definition) is 2. The van der Waals surface area contributed by atoms with Crippen molar-refractivity contribution in [2.75, 3.05) is 9.80 Å². The van der Waals surface area contributed by atoms with Gasteiger partial charge in [0.15, 0.2) is 14.6 Å². The Morgan fingerprint density at radius 2 is 1.35 bits per heavy atom. The Morgan fingerprint density at radius 1 is 0.681 bits per heavy atom. The van der Waals surface area contributed by atoms with E-state index in [1.54, 1.807) is 29.0 Å². The van der Waals surface area contributed by atoms with Gasteiger partial charge in [-0.15, -0.1) is 36.1 Å². The number of ether oxygens (including phenoxy) is 1. The zero-order valence-corrected chi connectivity index (χ0v) is 41.6. The number of rotatable bonds is 8. The van der Waals surface area contributed by atoms with Gasteiger partial charge in [0.25, 0.3) is 0 Å². The largest absolute Gasteiger partial charge is 0.503 e. The number of para-hydroxylation sites is 4. The number of aromatic nitrogens is 3. The Morgan fingerprint density at radius 3 is 2.06 bits per heavy atom. The van der Waals surface area contributed by atoms with Crippen LogP contribution in [0.25, 0.3) is 49.8 Å². The van der Waals surface area contributed by atoms with Crippen LogP contribution in [0.4, 0.5) is 22.7 Å². The fourth-order valence-corrected chi connectivity index (χ4v) is 8.57. The van der Waals surface area contributed by atoms with Gasteiger partial charge in [0.1, 0.15) is 11.7 Å². The summed E-state index contributed by atoms with van der Waals surface area (Å²) in [6.45, 7) is 8.13. The molecule has 3 aromatic heterocycles. The van der Waals surface area contributed by atoms with Crippen LogP contribution < -0.4 is 25.2 Å². The molecule has 0 saturated heterocycles. The summed E-state index contributed by atoms with van der Waals surface area (Å²) in [6, 6.07) is 25.6. The normalized spacial score (nSPS) is 20.2. The van der Waals surface area contributed by atoms with Gasteiger partial charge in [0.2, 0.25) is 0 Å². The SMILES string of the molecule is [2H]c1c([2H])c([2H])c(-c2cc(N3[CH-]N(c4c(/C5=C/C=C\N/C=C\C=C/[B]5)cccc4/C4=C/C=C\N/C=C\C=C/[B]4)c4ccccc43)[c-]c(Oc3[c-]c4c(cc3)c3c([2H])c([2H])c([2H])c([2H])c3n4-c3cc(C(C)(C)C)ccn3)n2)c([2H])c1[2H].[Pt]. The molecule has 11 rings (SSSR count).